The van der Waals surface area contributed by atoms with E-state index in [9.17, 15) is 8.42 Å². The molecule has 1 aliphatic carbocycles. The van der Waals surface area contributed by atoms with Crippen molar-refractivity contribution in [1.82, 2.24) is 4.90 Å². The van der Waals surface area contributed by atoms with Crippen LogP contribution in [0.4, 0.5) is 0 Å². The molecule has 1 saturated heterocycles. The molecule has 130 valence electrons. The topological polar surface area (TPSA) is 70.4 Å². The number of benzene rings is 1. The fourth-order valence-electron chi connectivity index (χ4n) is 4.45. The van der Waals surface area contributed by atoms with E-state index in [4.69, 9.17) is 10.00 Å². The Hall–Kier alpha value is -1.42. The van der Waals surface area contributed by atoms with Gasteiger partial charge in [-0.25, -0.2) is 8.42 Å². The molecule has 0 aromatic heterocycles. The first-order valence-electron chi connectivity index (χ1n) is 8.32. The van der Waals surface area contributed by atoms with Crippen LogP contribution in [0.25, 0.3) is 0 Å². The summed E-state index contributed by atoms with van der Waals surface area (Å²) in [5, 5.41) is 8.81. The normalized spacial score (nSPS) is 28.2. The van der Waals surface area contributed by atoms with Crippen molar-refractivity contribution in [3.63, 3.8) is 0 Å². The molecule has 1 aromatic carbocycles. The van der Waals surface area contributed by atoms with Crippen molar-refractivity contribution < 1.29 is 13.2 Å². The van der Waals surface area contributed by atoms with Crippen LogP contribution >= 0.6 is 0 Å². The molecule has 5 nitrogen and oxygen atoms in total. The van der Waals surface area contributed by atoms with Gasteiger partial charge in [0.1, 0.15) is 0 Å². The number of hydrogen-bond acceptors (Lipinski definition) is 5. The molecule has 0 unspecified atom stereocenters. The van der Waals surface area contributed by atoms with E-state index in [1.807, 2.05) is 13.1 Å². The van der Waals surface area contributed by atoms with E-state index in [2.05, 4.69) is 18.7 Å². The minimum Gasteiger partial charge on any atom is -0.377 e. The molecule has 0 radical (unpaired) electrons. The summed E-state index contributed by atoms with van der Waals surface area (Å²) in [6, 6.07) is 8.49. The Morgan fingerprint density at radius 3 is 2.62 bits per heavy atom. The van der Waals surface area contributed by atoms with Crippen molar-refractivity contribution in [2.24, 2.45) is 11.3 Å². The number of nitrogens with zero attached hydrogens (tertiary/aromatic N) is 2. The van der Waals surface area contributed by atoms with E-state index in [0.717, 1.165) is 13.0 Å². The summed E-state index contributed by atoms with van der Waals surface area (Å²) in [5.74, 6) is 0.600. The zero-order valence-corrected chi connectivity index (χ0v) is 15.2. The van der Waals surface area contributed by atoms with Crippen molar-refractivity contribution in [3.05, 3.63) is 29.8 Å². The Morgan fingerprint density at radius 2 is 2.00 bits per heavy atom. The molecule has 3 rings (SSSR count). The Bertz CT molecular complexity index is 749. The lowest BCUT2D eigenvalue weighted by Crippen LogP contribution is -2.66. The molecule has 0 amide bonds. The van der Waals surface area contributed by atoms with Crippen molar-refractivity contribution in [2.75, 3.05) is 26.0 Å². The molecule has 0 bridgehead atoms. The summed E-state index contributed by atoms with van der Waals surface area (Å²) in [6.07, 6.45) is 1.37. The third-order valence-electron chi connectivity index (χ3n) is 5.57. The molecule has 1 saturated carbocycles. The molecular weight excluding hydrogens is 324 g/mol. The third kappa shape index (κ3) is 2.85. The van der Waals surface area contributed by atoms with Crippen LogP contribution < -0.4 is 0 Å². The van der Waals surface area contributed by atoms with Gasteiger partial charge in [-0.05, 0) is 37.7 Å². The zero-order chi connectivity index (χ0) is 17.5. The van der Waals surface area contributed by atoms with E-state index in [0.29, 0.717) is 30.2 Å². The van der Waals surface area contributed by atoms with E-state index in [1.54, 1.807) is 12.1 Å². The first-order chi connectivity index (χ1) is 11.3. The largest absolute Gasteiger partial charge is 0.377 e. The molecule has 0 N–H and O–H groups in total. The first kappa shape index (κ1) is 17.4. The maximum absolute atomic E-state index is 12.5. The highest BCUT2D eigenvalue weighted by Gasteiger charge is 2.60. The van der Waals surface area contributed by atoms with Crippen LogP contribution in [0.1, 0.15) is 25.8 Å². The quantitative estimate of drug-likeness (QED) is 0.815. The van der Waals surface area contributed by atoms with Crippen LogP contribution in [0.3, 0.4) is 0 Å². The number of nitriles is 1. The lowest BCUT2D eigenvalue weighted by molar-refractivity contribution is -0.148. The second kappa shape index (κ2) is 6.14. The molecule has 1 heterocycles. The van der Waals surface area contributed by atoms with Crippen LogP contribution in [-0.4, -0.2) is 51.4 Å². The fraction of sp³-hybridized carbons (Fsp3) is 0.611. The summed E-state index contributed by atoms with van der Waals surface area (Å²) in [6.45, 7) is 5.72. The molecule has 1 aliphatic heterocycles. The van der Waals surface area contributed by atoms with Gasteiger partial charge in [0, 0.05) is 30.5 Å². The molecule has 3 atom stereocenters. The van der Waals surface area contributed by atoms with Gasteiger partial charge in [-0.2, -0.15) is 5.26 Å². The Morgan fingerprint density at radius 1 is 1.33 bits per heavy atom. The average molecular weight is 348 g/mol. The fourth-order valence-corrected chi connectivity index (χ4v) is 5.77. The van der Waals surface area contributed by atoms with Crippen LogP contribution in [0.15, 0.2) is 29.2 Å². The highest BCUT2D eigenvalue weighted by atomic mass is 32.2. The number of ether oxygens (including phenoxy) is 1. The molecule has 6 heteroatoms. The van der Waals surface area contributed by atoms with Crippen LogP contribution in [0.2, 0.25) is 0 Å². The minimum absolute atomic E-state index is 0.0636. The van der Waals surface area contributed by atoms with Crippen molar-refractivity contribution >= 4 is 9.84 Å². The van der Waals surface area contributed by atoms with Crippen molar-refractivity contribution in [2.45, 2.75) is 37.3 Å². The number of hydrogen-bond donors (Lipinski definition) is 0. The molecule has 1 aromatic rings. The lowest BCUT2D eigenvalue weighted by atomic mass is 9.57. The van der Waals surface area contributed by atoms with E-state index < -0.39 is 9.84 Å². The summed E-state index contributed by atoms with van der Waals surface area (Å²) in [4.78, 5) is 2.46. The van der Waals surface area contributed by atoms with Crippen LogP contribution in [0.5, 0.6) is 0 Å². The van der Waals surface area contributed by atoms with E-state index >= 15 is 0 Å². The second-order valence-corrected chi connectivity index (χ2v) is 9.55. The average Bonchev–Trinajstić information content (AvgIpc) is 2.99. The number of sulfone groups is 1. The molecule has 2 fully saturated rings. The maximum atomic E-state index is 12.5. The molecule has 24 heavy (non-hydrogen) atoms. The molecule has 0 spiro atoms. The summed E-state index contributed by atoms with van der Waals surface area (Å²) >= 11 is 0. The third-order valence-corrected chi connectivity index (χ3v) is 7.28. The van der Waals surface area contributed by atoms with Crippen molar-refractivity contribution in [3.8, 4) is 6.07 Å². The second-order valence-electron chi connectivity index (χ2n) is 7.45. The molecule has 2 aliphatic rings. The minimum atomic E-state index is -3.34. The van der Waals surface area contributed by atoms with Gasteiger partial charge in [0.05, 0.1) is 28.4 Å². The standard InChI is InChI=1S/C18H24N2O3S/c1-18(2)16(15-8-10-23-17(15)18)20(3)9-11-24(21,22)14-6-4-13(12-19)5-7-14/h4-7,15-17H,8-11H2,1-3H3/t15-,16-,17+/m1/s1. The maximum Gasteiger partial charge on any atom is 0.179 e. The zero-order valence-electron chi connectivity index (χ0n) is 14.4. The summed E-state index contributed by atoms with van der Waals surface area (Å²) in [5.41, 5.74) is 0.531. The van der Waals surface area contributed by atoms with Gasteiger partial charge in [-0.15, -0.1) is 0 Å². The first-order valence-corrected chi connectivity index (χ1v) is 9.97. The van der Waals surface area contributed by atoms with Gasteiger partial charge in [0.15, 0.2) is 9.84 Å². The predicted molar refractivity (Wildman–Crippen MR) is 91.3 cm³/mol. The predicted octanol–water partition coefficient (Wildman–Crippen LogP) is 2.08. The van der Waals surface area contributed by atoms with E-state index in [1.165, 1.54) is 12.1 Å². The Labute approximate surface area is 144 Å². The molecular formula is C18H24N2O3S. The Kier molecular flexibility index (Phi) is 4.45. The monoisotopic (exact) mass is 348 g/mol. The van der Waals surface area contributed by atoms with Crippen LogP contribution in [0, 0.1) is 22.7 Å². The van der Waals surface area contributed by atoms with Gasteiger partial charge >= 0.3 is 0 Å². The van der Waals surface area contributed by atoms with Gasteiger partial charge in [0.2, 0.25) is 0 Å². The highest BCUT2D eigenvalue weighted by Crippen LogP contribution is 2.54. The van der Waals surface area contributed by atoms with Crippen molar-refractivity contribution in [1.29, 1.82) is 5.26 Å². The lowest BCUT2D eigenvalue weighted by Gasteiger charge is -2.58. The van der Waals surface area contributed by atoms with E-state index in [-0.39, 0.29) is 16.1 Å². The highest BCUT2D eigenvalue weighted by molar-refractivity contribution is 7.91. The smallest absolute Gasteiger partial charge is 0.179 e. The van der Waals surface area contributed by atoms with Gasteiger partial charge in [-0.3, -0.25) is 0 Å². The SMILES string of the molecule is CN(CCS(=O)(=O)c1ccc(C#N)cc1)[C@@H]1[C@H]2CCO[C@@H]2C1(C)C. The summed E-state index contributed by atoms with van der Waals surface area (Å²) in [7, 11) is -1.33. The summed E-state index contributed by atoms with van der Waals surface area (Å²) < 4.78 is 30.9. The van der Waals surface area contributed by atoms with Gasteiger partial charge < -0.3 is 9.64 Å². The Balaban J connectivity index is 1.65. The van der Waals surface area contributed by atoms with Gasteiger partial charge in [-0.1, -0.05) is 13.8 Å². The van der Waals surface area contributed by atoms with Gasteiger partial charge in [0.25, 0.3) is 0 Å². The number of rotatable bonds is 5. The number of fused-ring (bicyclic) bond motifs is 1. The van der Waals surface area contributed by atoms with Crippen LogP contribution in [-0.2, 0) is 14.6 Å².